The third kappa shape index (κ3) is 3.17. The molecule has 2 nitrogen and oxygen atoms in total. The third-order valence-corrected chi connectivity index (χ3v) is 9.85. The van der Waals surface area contributed by atoms with Crippen LogP contribution in [0.3, 0.4) is 0 Å². The van der Waals surface area contributed by atoms with Crippen LogP contribution in [0.2, 0.25) is 0 Å². The number of fused-ring (bicyclic) bond motifs is 5. The van der Waals surface area contributed by atoms with Crippen molar-refractivity contribution in [2.75, 3.05) is 0 Å². The second-order valence-corrected chi connectivity index (χ2v) is 11.3. The van der Waals surface area contributed by atoms with Crippen LogP contribution >= 0.6 is 0 Å². The normalized spacial score (nSPS) is 44.1. The standard InChI is InChI=1S/C28H38O2/c1-19(29)30-26-21(17-20-9-5-4-6-10-20)18-25-23-13-12-22-11-7-8-15-27(22,2)24(23)14-16-28(25,26)3/h4-6,9-10,17,22-26H,7-8,11-16,18H2,1-3H3/b21-17+/t22-,23-,24-,25-,26-,27+,28-/m1/s1. The second-order valence-electron chi connectivity index (χ2n) is 11.3. The number of benzene rings is 1. The van der Waals surface area contributed by atoms with Crippen molar-refractivity contribution in [3.8, 4) is 0 Å². The van der Waals surface area contributed by atoms with Crippen LogP contribution in [0.25, 0.3) is 6.08 Å². The lowest BCUT2D eigenvalue weighted by Gasteiger charge is -2.60. The van der Waals surface area contributed by atoms with E-state index in [1.54, 1.807) is 6.92 Å². The summed E-state index contributed by atoms with van der Waals surface area (Å²) in [6.45, 7) is 6.65. The molecule has 0 saturated heterocycles. The number of ether oxygens (including phenoxy) is 1. The average molecular weight is 407 g/mol. The van der Waals surface area contributed by atoms with Crippen LogP contribution in [0, 0.1) is 34.5 Å². The molecule has 4 saturated carbocycles. The van der Waals surface area contributed by atoms with E-state index in [4.69, 9.17) is 4.74 Å². The van der Waals surface area contributed by atoms with Gasteiger partial charge in [-0.15, -0.1) is 0 Å². The molecule has 7 atom stereocenters. The van der Waals surface area contributed by atoms with Gasteiger partial charge in [-0.1, -0.05) is 63.1 Å². The highest BCUT2D eigenvalue weighted by molar-refractivity contribution is 5.67. The van der Waals surface area contributed by atoms with Crippen LogP contribution in [0.1, 0.15) is 84.1 Å². The van der Waals surface area contributed by atoms with Gasteiger partial charge in [-0.2, -0.15) is 0 Å². The fourth-order valence-corrected chi connectivity index (χ4v) is 8.41. The van der Waals surface area contributed by atoms with Crippen LogP contribution in [0.4, 0.5) is 0 Å². The fraction of sp³-hybridized carbons (Fsp3) is 0.679. The molecular formula is C28H38O2. The Morgan fingerprint density at radius 1 is 0.967 bits per heavy atom. The summed E-state index contributed by atoms with van der Waals surface area (Å²) < 4.78 is 6.07. The van der Waals surface area contributed by atoms with Gasteiger partial charge in [-0.3, -0.25) is 4.79 Å². The van der Waals surface area contributed by atoms with Gasteiger partial charge < -0.3 is 4.74 Å². The Hall–Kier alpha value is -1.57. The predicted molar refractivity (Wildman–Crippen MR) is 122 cm³/mol. The molecule has 0 N–H and O–H groups in total. The molecule has 4 aliphatic carbocycles. The lowest BCUT2D eigenvalue weighted by atomic mass is 9.45. The molecule has 0 aliphatic heterocycles. The van der Waals surface area contributed by atoms with Gasteiger partial charge in [0, 0.05) is 12.3 Å². The quantitative estimate of drug-likeness (QED) is 0.492. The van der Waals surface area contributed by atoms with Gasteiger partial charge in [-0.25, -0.2) is 0 Å². The lowest BCUT2D eigenvalue weighted by molar-refractivity contribution is -0.159. The molecule has 4 fully saturated rings. The molecule has 5 rings (SSSR count). The van der Waals surface area contributed by atoms with Gasteiger partial charge in [0.2, 0.25) is 0 Å². The lowest BCUT2D eigenvalue weighted by Crippen LogP contribution is -2.53. The first-order valence-electron chi connectivity index (χ1n) is 12.3. The van der Waals surface area contributed by atoms with E-state index < -0.39 is 0 Å². The fourth-order valence-electron chi connectivity index (χ4n) is 8.41. The molecule has 1 aromatic rings. The smallest absolute Gasteiger partial charge is 0.303 e. The maximum Gasteiger partial charge on any atom is 0.303 e. The first kappa shape index (κ1) is 20.3. The highest BCUT2D eigenvalue weighted by Gasteiger charge is 2.61. The Kier molecular flexibility index (Phi) is 5.11. The van der Waals surface area contributed by atoms with E-state index in [2.05, 4.69) is 50.3 Å². The van der Waals surface area contributed by atoms with Crippen molar-refractivity contribution in [1.29, 1.82) is 0 Å². The summed E-state index contributed by atoms with van der Waals surface area (Å²) in [7, 11) is 0. The highest BCUT2D eigenvalue weighted by atomic mass is 16.5. The topological polar surface area (TPSA) is 26.3 Å². The molecule has 0 amide bonds. The van der Waals surface area contributed by atoms with Gasteiger partial charge in [-0.05, 0) is 85.2 Å². The van der Waals surface area contributed by atoms with Crippen molar-refractivity contribution >= 4 is 12.0 Å². The first-order chi connectivity index (χ1) is 14.4. The maximum atomic E-state index is 12.1. The van der Waals surface area contributed by atoms with Gasteiger partial charge in [0.15, 0.2) is 0 Å². The van der Waals surface area contributed by atoms with Crippen molar-refractivity contribution in [3.05, 3.63) is 41.5 Å². The molecule has 4 aliphatic rings. The van der Waals surface area contributed by atoms with E-state index in [0.29, 0.717) is 11.3 Å². The van der Waals surface area contributed by atoms with E-state index in [1.807, 2.05) is 0 Å². The van der Waals surface area contributed by atoms with Gasteiger partial charge in [0.25, 0.3) is 0 Å². The van der Waals surface area contributed by atoms with E-state index in [9.17, 15) is 4.79 Å². The molecular weight excluding hydrogens is 368 g/mol. The van der Waals surface area contributed by atoms with Gasteiger partial charge in [0.05, 0.1) is 0 Å². The van der Waals surface area contributed by atoms with Crippen molar-refractivity contribution in [2.45, 2.75) is 84.7 Å². The summed E-state index contributed by atoms with van der Waals surface area (Å²) in [4.78, 5) is 12.1. The number of rotatable bonds is 2. The van der Waals surface area contributed by atoms with Crippen molar-refractivity contribution in [2.24, 2.45) is 34.5 Å². The van der Waals surface area contributed by atoms with E-state index in [0.717, 1.165) is 24.2 Å². The Balaban J connectivity index is 1.50. The molecule has 1 aromatic carbocycles. The van der Waals surface area contributed by atoms with Crippen molar-refractivity contribution in [1.82, 2.24) is 0 Å². The summed E-state index contributed by atoms with van der Waals surface area (Å²) in [6.07, 6.45) is 14.4. The van der Waals surface area contributed by atoms with Crippen LogP contribution < -0.4 is 0 Å². The summed E-state index contributed by atoms with van der Waals surface area (Å²) in [5.41, 5.74) is 3.21. The van der Waals surface area contributed by atoms with Crippen LogP contribution in [0.5, 0.6) is 0 Å². The molecule has 0 spiro atoms. The summed E-state index contributed by atoms with van der Waals surface area (Å²) in [5.74, 6) is 3.12. The van der Waals surface area contributed by atoms with Crippen LogP contribution in [0.15, 0.2) is 35.9 Å². The SMILES string of the molecule is CC(=O)O[C@@H]1/C(=C/c2ccccc2)C[C@@H]2[C@@H]3CC[C@H]4CCCC[C@]4(C)[C@@H]3CC[C@@]12C. The maximum absolute atomic E-state index is 12.1. The van der Waals surface area contributed by atoms with Gasteiger partial charge in [0.1, 0.15) is 6.10 Å². The van der Waals surface area contributed by atoms with E-state index >= 15 is 0 Å². The molecule has 162 valence electrons. The molecule has 2 heteroatoms. The zero-order valence-corrected chi connectivity index (χ0v) is 19.0. The number of hydrogen-bond acceptors (Lipinski definition) is 2. The second kappa shape index (κ2) is 7.53. The van der Waals surface area contributed by atoms with E-state index in [1.165, 1.54) is 62.5 Å². The number of carbonyl (C=O) groups is 1. The Morgan fingerprint density at radius 3 is 2.53 bits per heavy atom. The monoisotopic (exact) mass is 406 g/mol. The van der Waals surface area contributed by atoms with Crippen molar-refractivity contribution < 1.29 is 9.53 Å². The molecule has 0 bridgehead atoms. The molecule has 30 heavy (non-hydrogen) atoms. The number of hydrogen-bond donors (Lipinski definition) is 0. The Morgan fingerprint density at radius 2 is 1.77 bits per heavy atom. The Bertz CT molecular complexity index is 826. The predicted octanol–water partition coefficient (Wildman–Crippen LogP) is 7.04. The van der Waals surface area contributed by atoms with Crippen molar-refractivity contribution in [3.63, 3.8) is 0 Å². The summed E-state index contributed by atoms with van der Waals surface area (Å²) >= 11 is 0. The highest BCUT2D eigenvalue weighted by Crippen LogP contribution is 2.67. The van der Waals surface area contributed by atoms with Crippen LogP contribution in [-0.4, -0.2) is 12.1 Å². The molecule has 0 aromatic heterocycles. The van der Waals surface area contributed by atoms with Gasteiger partial charge >= 0.3 is 5.97 Å². The summed E-state index contributed by atoms with van der Waals surface area (Å²) in [6, 6.07) is 10.6. The first-order valence-corrected chi connectivity index (χ1v) is 12.3. The molecule has 0 heterocycles. The average Bonchev–Trinajstić information content (AvgIpc) is 3.00. The zero-order chi connectivity index (χ0) is 20.9. The van der Waals surface area contributed by atoms with Crippen LogP contribution in [-0.2, 0) is 9.53 Å². The molecule has 0 unspecified atom stereocenters. The largest absolute Gasteiger partial charge is 0.457 e. The number of esters is 1. The van der Waals surface area contributed by atoms with E-state index in [-0.39, 0.29) is 17.5 Å². The minimum Gasteiger partial charge on any atom is -0.457 e. The number of carbonyl (C=O) groups excluding carboxylic acids is 1. The zero-order valence-electron chi connectivity index (χ0n) is 19.0. The molecule has 0 radical (unpaired) electrons. The Labute approximate surface area is 182 Å². The minimum absolute atomic E-state index is 0.0574. The third-order valence-electron chi connectivity index (χ3n) is 9.85. The minimum atomic E-state index is -0.133. The summed E-state index contributed by atoms with van der Waals surface area (Å²) in [5, 5.41) is 0.